The molecule has 1 aromatic heterocycles. The van der Waals surface area contributed by atoms with Crippen molar-refractivity contribution in [2.45, 2.75) is 32.7 Å². The van der Waals surface area contributed by atoms with Gasteiger partial charge in [0.05, 0.1) is 11.6 Å². The van der Waals surface area contributed by atoms with E-state index in [0.29, 0.717) is 18.0 Å². The van der Waals surface area contributed by atoms with Gasteiger partial charge in [0.2, 0.25) is 11.8 Å². The van der Waals surface area contributed by atoms with Crippen molar-refractivity contribution in [2.24, 2.45) is 0 Å². The number of nitrogens with one attached hydrogen (secondary N) is 2. The van der Waals surface area contributed by atoms with Gasteiger partial charge in [-0.1, -0.05) is 23.4 Å². The van der Waals surface area contributed by atoms with Gasteiger partial charge in [-0.25, -0.2) is 0 Å². The van der Waals surface area contributed by atoms with Crippen LogP contribution < -0.4 is 10.6 Å². The van der Waals surface area contributed by atoms with E-state index >= 15 is 0 Å². The van der Waals surface area contributed by atoms with Gasteiger partial charge in [-0.05, 0) is 25.5 Å². The molecule has 6 heteroatoms. The molecule has 1 aliphatic heterocycles. The number of carbonyl (C=O) groups is 2. The van der Waals surface area contributed by atoms with Gasteiger partial charge < -0.3 is 15.2 Å². The average molecular weight is 299 g/mol. The van der Waals surface area contributed by atoms with Crippen LogP contribution in [0.4, 0.5) is 5.69 Å². The lowest BCUT2D eigenvalue weighted by Gasteiger charge is -2.24. The molecule has 1 aliphatic rings. The molecule has 3 rings (SSSR count). The van der Waals surface area contributed by atoms with Crippen molar-refractivity contribution in [3.63, 3.8) is 0 Å². The Labute approximate surface area is 127 Å². The average Bonchev–Trinajstić information content (AvgIpc) is 2.82. The lowest BCUT2D eigenvalue weighted by atomic mass is 9.90. The molecule has 6 nitrogen and oxygen atoms in total. The van der Waals surface area contributed by atoms with Crippen molar-refractivity contribution >= 4 is 17.5 Å². The molecule has 0 spiro atoms. The quantitative estimate of drug-likeness (QED) is 0.908. The molecule has 2 aromatic rings. The van der Waals surface area contributed by atoms with Crippen LogP contribution in [0.25, 0.3) is 0 Å². The van der Waals surface area contributed by atoms with E-state index in [-0.39, 0.29) is 18.2 Å². The van der Waals surface area contributed by atoms with Gasteiger partial charge in [0.1, 0.15) is 5.76 Å². The molecule has 2 heterocycles. The summed E-state index contributed by atoms with van der Waals surface area (Å²) in [5, 5.41) is 9.53. The van der Waals surface area contributed by atoms with Gasteiger partial charge in [-0.2, -0.15) is 0 Å². The van der Waals surface area contributed by atoms with Crippen molar-refractivity contribution in [3.8, 4) is 0 Å². The first-order valence-electron chi connectivity index (χ1n) is 7.14. The first-order valence-corrected chi connectivity index (χ1v) is 7.14. The number of carbonyl (C=O) groups excluding carboxylic acids is 2. The third kappa shape index (κ3) is 2.59. The zero-order valence-electron chi connectivity index (χ0n) is 12.5. The highest BCUT2D eigenvalue weighted by Gasteiger charge is 2.30. The zero-order valence-corrected chi connectivity index (χ0v) is 12.5. The minimum absolute atomic E-state index is 0.142. The summed E-state index contributed by atoms with van der Waals surface area (Å²) >= 11 is 0. The first kappa shape index (κ1) is 14.3. The number of amides is 2. The molecule has 0 saturated carbocycles. The molecule has 2 N–H and O–H groups in total. The molecule has 22 heavy (non-hydrogen) atoms. The van der Waals surface area contributed by atoms with Crippen LogP contribution in [-0.2, 0) is 16.1 Å². The van der Waals surface area contributed by atoms with Crippen molar-refractivity contribution in [2.75, 3.05) is 5.32 Å². The number of nitrogens with zero attached hydrogens (tertiary/aromatic N) is 1. The van der Waals surface area contributed by atoms with Crippen LogP contribution in [0, 0.1) is 13.8 Å². The Morgan fingerprint density at radius 2 is 2.18 bits per heavy atom. The Balaban J connectivity index is 1.77. The van der Waals surface area contributed by atoms with Gasteiger partial charge in [-0.15, -0.1) is 0 Å². The van der Waals surface area contributed by atoms with E-state index in [0.717, 1.165) is 16.8 Å². The van der Waals surface area contributed by atoms with Gasteiger partial charge in [0, 0.05) is 24.2 Å². The molecule has 1 atom stereocenters. The van der Waals surface area contributed by atoms with Gasteiger partial charge >= 0.3 is 0 Å². The summed E-state index contributed by atoms with van der Waals surface area (Å²) in [5.41, 5.74) is 3.19. The van der Waals surface area contributed by atoms with Crippen LogP contribution in [-0.4, -0.2) is 17.0 Å². The van der Waals surface area contributed by atoms with Crippen molar-refractivity contribution in [3.05, 3.63) is 46.8 Å². The fraction of sp³-hybridized carbons (Fsp3) is 0.312. The Morgan fingerprint density at radius 1 is 1.41 bits per heavy atom. The van der Waals surface area contributed by atoms with E-state index in [9.17, 15) is 9.59 Å². The number of benzene rings is 1. The molecule has 114 valence electrons. The van der Waals surface area contributed by atoms with E-state index < -0.39 is 5.92 Å². The summed E-state index contributed by atoms with van der Waals surface area (Å²) in [6.07, 6.45) is 0.157. The molecular weight excluding hydrogens is 282 g/mol. The predicted molar refractivity (Wildman–Crippen MR) is 80.3 cm³/mol. The molecule has 0 fully saturated rings. The zero-order chi connectivity index (χ0) is 15.7. The second-order valence-corrected chi connectivity index (χ2v) is 5.41. The van der Waals surface area contributed by atoms with E-state index in [2.05, 4.69) is 15.8 Å². The molecular formula is C16H17N3O3. The van der Waals surface area contributed by atoms with E-state index in [1.54, 1.807) is 6.07 Å². The number of hydrogen-bond donors (Lipinski definition) is 2. The predicted octanol–water partition coefficient (Wildman–Crippen LogP) is 2.03. The van der Waals surface area contributed by atoms with Crippen LogP contribution in [0.1, 0.15) is 34.9 Å². The van der Waals surface area contributed by atoms with Crippen LogP contribution in [0.2, 0.25) is 0 Å². The molecule has 0 aliphatic carbocycles. The van der Waals surface area contributed by atoms with Crippen LogP contribution >= 0.6 is 0 Å². The number of aryl methyl sites for hydroxylation is 2. The highest BCUT2D eigenvalue weighted by Crippen LogP contribution is 2.32. The lowest BCUT2D eigenvalue weighted by Crippen LogP contribution is -2.34. The summed E-state index contributed by atoms with van der Waals surface area (Å²) in [6, 6.07) is 7.38. The Kier molecular flexibility index (Phi) is 3.66. The van der Waals surface area contributed by atoms with Crippen molar-refractivity contribution < 1.29 is 14.1 Å². The van der Waals surface area contributed by atoms with Crippen LogP contribution in [0.5, 0.6) is 0 Å². The topological polar surface area (TPSA) is 84.2 Å². The number of anilines is 1. The van der Waals surface area contributed by atoms with Crippen molar-refractivity contribution in [1.29, 1.82) is 0 Å². The van der Waals surface area contributed by atoms with E-state index in [4.69, 9.17) is 4.52 Å². The molecule has 1 aromatic carbocycles. The summed E-state index contributed by atoms with van der Waals surface area (Å²) in [6.45, 7) is 3.99. The fourth-order valence-corrected chi connectivity index (χ4v) is 2.70. The van der Waals surface area contributed by atoms with E-state index in [1.807, 2.05) is 32.0 Å². The number of rotatable bonds is 3. The summed E-state index contributed by atoms with van der Waals surface area (Å²) in [5.74, 6) is -0.0801. The minimum Gasteiger partial charge on any atom is -0.361 e. The maximum Gasteiger partial charge on any atom is 0.228 e. The smallest absolute Gasteiger partial charge is 0.228 e. The molecule has 0 radical (unpaired) electrons. The van der Waals surface area contributed by atoms with Crippen LogP contribution in [0.15, 0.2) is 28.8 Å². The second kappa shape index (κ2) is 5.63. The second-order valence-electron chi connectivity index (χ2n) is 5.41. The summed E-state index contributed by atoms with van der Waals surface area (Å²) in [4.78, 5) is 24.2. The number of fused-ring (bicyclic) bond motifs is 1. The maximum atomic E-state index is 12.5. The standard InChI is InChI=1S/C16H17N3O3/c1-9-13(10(2)22-19-9)8-17-16(21)12-7-15(20)18-14-6-4-3-5-11(12)14/h3-6,12H,7-8H2,1-2H3,(H,17,21)(H,18,20)/t12-/m1/s1. The minimum atomic E-state index is -0.467. The van der Waals surface area contributed by atoms with Gasteiger partial charge in [0.15, 0.2) is 0 Å². The summed E-state index contributed by atoms with van der Waals surface area (Å²) < 4.78 is 5.08. The highest BCUT2D eigenvalue weighted by molar-refractivity contribution is 6.01. The highest BCUT2D eigenvalue weighted by atomic mass is 16.5. The molecule has 0 saturated heterocycles. The first-order chi connectivity index (χ1) is 10.6. The van der Waals surface area contributed by atoms with E-state index in [1.165, 1.54) is 0 Å². The van der Waals surface area contributed by atoms with Crippen molar-refractivity contribution in [1.82, 2.24) is 10.5 Å². The number of hydrogen-bond acceptors (Lipinski definition) is 4. The third-order valence-electron chi connectivity index (χ3n) is 3.94. The lowest BCUT2D eigenvalue weighted by molar-refractivity contribution is -0.126. The van der Waals surface area contributed by atoms with Crippen LogP contribution in [0.3, 0.4) is 0 Å². The molecule has 0 unspecified atom stereocenters. The Morgan fingerprint density at radius 3 is 2.91 bits per heavy atom. The normalized spacial score (nSPS) is 16.8. The fourth-order valence-electron chi connectivity index (χ4n) is 2.70. The van der Waals surface area contributed by atoms with Gasteiger partial charge in [0.25, 0.3) is 0 Å². The maximum absolute atomic E-state index is 12.5. The third-order valence-corrected chi connectivity index (χ3v) is 3.94. The summed E-state index contributed by atoms with van der Waals surface area (Å²) in [7, 11) is 0. The Bertz CT molecular complexity index is 716. The number of aromatic nitrogens is 1. The number of para-hydroxylation sites is 1. The monoisotopic (exact) mass is 299 g/mol. The SMILES string of the molecule is Cc1noc(C)c1CNC(=O)[C@@H]1CC(=O)Nc2ccccc21. The molecule has 0 bridgehead atoms. The van der Waals surface area contributed by atoms with Gasteiger partial charge in [-0.3, -0.25) is 9.59 Å². The largest absolute Gasteiger partial charge is 0.361 e. The molecule has 2 amide bonds. The Hall–Kier alpha value is -2.63.